The second-order valence-electron chi connectivity index (χ2n) is 2.67. The molecule has 0 spiro atoms. The number of benzene rings is 1. The average Bonchev–Trinajstić information content (AvgIpc) is 2.17. The standard InChI is InChI=1S/C10H10BrIO2/c1-2-14-10(13)9(11)7-4-3-5-8(12)6-7/h3-6,9H,2H2,1H3. The predicted octanol–water partition coefficient (Wildman–Crippen LogP) is 3.29. The molecule has 0 saturated heterocycles. The number of carbonyl (C=O) groups is 1. The second-order valence-corrected chi connectivity index (χ2v) is 4.83. The molecule has 0 heterocycles. The molecule has 0 saturated carbocycles. The van der Waals surface area contributed by atoms with Gasteiger partial charge in [-0.05, 0) is 47.2 Å². The van der Waals surface area contributed by atoms with Crippen LogP contribution in [0.4, 0.5) is 0 Å². The highest BCUT2D eigenvalue weighted by atomic mass is 127. The van der Waals surface area contributed by atoms with Crippen LogP contribution in [-0.4, -0.2) is 12.6 Å². The number of hydrogen-bond acceptors (Lipinski definition) is 2. The molecule has 1 unspecified atom stereocenters. The zero-order chi connectivity index (χ0) is 10.6. The van der Waals surface area contributed by atoms with Gasteiger partial charge in [0.2, 0.25) is 0 Å². The summed E-state index contributed by atoms with van der Waals surface area (Å²) in [7, 11) is 0. The summed E-state index contributed by atoms with van der Waals surface area (Å²) >= 11 is 5.52. The average molecular weight is 369 g/mol. The van der Waals surface area contributed by atoms with Gasteiger partial charge >= 0.3 is 5.97 Å². The van der Waals surface area contributed by atoms with Gasteiger partial charge < -0.3 is 4.74 Å². The summed E-state index contributed by atoms with van der Waals surface area (Å²) in [5, 5.41) is 0. The zero-order valence-corrected chi connectivity index (χ0v) is 11.4. The van der Waals surface area contributed by atoms with Gasteiger partial charge in [0.15, 0.2) is 0 Å². The smallest absolute Gasteiger partial charge is 0.324 e. The van der Waals surface area contributed by atoms with Crippen LogP contribution in [0, 0.1) is 3.57 Å². The van der Waals surface area contributed by atoms with Crippen LogP contribution >= 0.6 is 38.5 Å². The van der Waals surface area contributed by atoms with Crippen LogP contribution in [0.25, 0.3) is 0 Å². The van der Waals surface area contributed by atoms with Crippen LogP contribution in [-0.2, 0) is 9.53 Å². The Morgan fingerprint density at radius 2 is 2.36 bits per heavy atom. The van der Waals surface area contributed by atoms with Gasteiger partial charge in [-0.15, -0.1) is 0 Å². The van der Waals surface area contributed by atoms with E-state index in [2.05, 4.69) is 38.5 Å². The molecule has 4 heteroatoms. The Balaban J connectivity index is 2.78. The van der Waals surface area contributed by atoms with Crippen molar-refractivity contribution in [2.75, 3.05) is 6.61 Å². The monoisotopic (exact) mass is 368 g/mol. The van der Waals surface area contributed by atoms with E-state index < -0.39 is 0 Å². The van der Waals surface area contributed by atoms with E-state index in [1.165, 1.54) is 0 Å². The van der Waals surface area contributed by atoms with Gasteiger partial charge in [-0.1, -0.05) is 28.1 Å². The maximum atomic E-state index is 11.4. The molecule has 2 nitrogen and oxygen atoms in total. The lowest BCUT2D eigenvalue weighted by Crippen LogP contribution is -2.10. The lowest BCUT2D eigenvalue weighted by molar-refractivity contribution is -0.142. The summed E-state index contributed by atoms with van der Waals surface area (Å²) in [5.41, 5.74) is 0.926. The molecule has 14 heavy (non-hydrogen) atoms. The Labute approximate surface area is 105 Å². The lowest BCUT2D eigenvalue weighted by Gasteiger charge is -2.09. The summed E-state index contributed by atoms with van der Waals surface area (Å²) in [4.78, 5) is 11.0. The van der Waals surface area contributed by atoms with E-state index in [0.29, 0.717) is 6.61 Å². The van der Waals surface area contributed by atoms with Crippen molar-refractivity contribution in [1.29, 1.82) is 0 Å². The fraction of sp³-hybridized carbons (Fsp3) is 0.300. The van der Waals surface area contributed by atoms with Crippen LogP contribution in [0.3, 0.4) is 0 Å². The van der Waals surface area contributed by atoms with Crippen molar-refractivity contribution in [3.63, 3.8) is 0 Å². The van der Waals surface area contributed by atoms with Crippen molar-refractivity contribution in [3.8, 4) is 0 Å². The molecule has 0 aliphatic carbocycles. The highest BCUT2D eigenvalue weighted by molar-refractivity contribution is 14.1. The first-order chi connectivity index (χ1) is 6.65. The van der Waals surface area contributed by atoms with Crippen LogP contribution in [0.5, 0.6) is 0 Å². The van der Waals surface area contributed by atoms with Gasteiger partial charge in [-0.2, -0.15) is 0 Å². The van der Waals surface area contributed by atoms with E-state index in [4.69, 9.17) is 4.74 Å². The van der Waals surface area contributed by atoms with Crippen LogP contribution in [0.2, 0.25) is 0 Å². The third kappa shape index (κ3) is 3.24. The van der Waals surface area contributed by atoms with Gasteiger partial charge in [-0.25, -0.2) is 0 Å². The Hall–Kier alpha value is -0.100. The number of esters is 1. The van der Waals surface area contributed by atoms with E-state index in [1.54, 1.807) is 6.92 Å². The van der Waals surface area contributed by atoms with Crippen molar-refractivity contribution < 1.29 is 9.53 Å². The van der Waals surface area contributed by atoms with Crippen LogP contribution in [0.1, 0.15) is 17.3 Å². The molecule has 76 valence electrons. The third-order valence-corrected chi connectivity index (χ3v) is 3.21. The zero-order valence-electron chi connectivity index (χ0n) is 7.67. The normalized spacial score (nSPS) is 12.2. The number of hydrogen-bond donors (Lipinski definition) is 0. The van der Waals surface area contributed by atoms with Crippen molar-refractivity contribution >= 4 is 44.5 Å². The largest absolute Gasteiger partial charge is 0.465 e. The number of halogens is 2. The minimum Gasteiger partial charge on any atom is -0.465 e. The van der Waals surface area contributed by atoms with Gasteiger partial charge in [0, 0.05) is 3.57 Å². The van der Waals surface area contributed by atoms with Gasteiger partial charge in [-0.3, -0.25) is 4.79 Å². The van der Waals surface area contributed by atoms with Crippen molar-refractivity contribution in [2.45, 2.75) is 11.8 Å². The van der Waals surface area contributed by atoms with Crippen molar-refractivity contribution in [2.24, 2.45) is 0 Å². The summed E-state index contributed by atoms with van der Waals surface area (Å²) < 4.78 is 6.02. The predicted molar refractivity (Wildman–Crippen MR) is 67.5 cm³/mol. The molecule has 1 rings (SSSR count). The molecule has 1 atom stereocenters. The number of rotatable bonds is 3. The fourth-order valence-electron chi connectivity index (χ4n) is 1.02. The molecule has 0 bridgehead atoms. The minimum absolute atomic E-state index is 0.241. The van der Waals surface area contributed by atoms with Crippen molar-refractivity contribution in [3.05, 3.63) is 33.4 Å². The van der Waals surface area contributed by atoms with Crippen LogP contribution in [0.15, 0.2) is 24.3 Å². The maximum Gasteiger partial charge on any atom is 0.324 e. The van der Waals surface area contributed by atoms with Gasteiger partial charge in [0.05, 0.1) is 6.61 Å². The molecule has 0 aromatic heterocycles. The summed E-state index contributed by atoms with van der Waals surface area (Å²) in [6.07, 6.45) is 0. The Bertz CT molecular complexity index is 328. The molecule has 0 N–H and O–H groups in total. The van der Waals surface area contributed by atoms with E-state index in [1.807, 2.05) is 24.3 Å². The van der Waals surface area contributed by atoms with Crippen molar-refractivity contribution in [1.82, 2.24) is 0 Å². The SMILES string of the molecule is CCOC(=O)C(Br)c1cccc(I)c1. The summed E-state index contributed by atoms with van der Waals surface area (Å²) in [6, 6.07) is 7.76. The number of alkyl halides is 1. The first-order valence-corrected chi connectivity index (χ1v) is 6.20. The minimum atomic E-state index is -0.364. The van der Waals surface area contributed by atoms with Crippen LogP contribution < -0.4 is 0 Å². The Morgan fingerprint density at radius 3 is 2.93 bits per heavy atom. The summed E-state index contributed by atoms with van der Waals surface area (Å²) in [5.74, 6) is -0.241. The third-order valence-electron chi connectivity index (χ3n) is 1.63. The van der Waals surface area contributed by atoms with E-state index >= 15 is 0 Å². The van der Waals surface area contributed by atoms with Gasteiger partial charge in [0.25, 0.3) is 0 Å². The molecule has 0 aliphatic rings. The molecular weight excluding hydrogens is 359 g/mol. The highest BCUT2D eigenvalue weighted by Crippen LogP contribution is 2.25. The summed E-state index contributed by atoms with van der Waals surface area (Å²) in [6.45, 7) is 2.21. The van der Waals surface area contributed by atoms with E-state index in [0.717, 1.165) is 9.13 Å². The highest BCUT2D eigenvalue weighted by Gasteiger charge is 2.17. The van der Waals surface area contributed by atoms with Gasteiger partial charge in [0.1, 0.15) is 4.83 Å². The molecule has 0 radical (unpaired) electrons. The number of ether oxygens (including phenoxy) is 1. The molecule has 0 amide bonds. The lowest BCUT2D eigenvalue weighted by atomic mass is 10.1. The first kappa shape index (κ1) is 12.0. The van der Waals surface area contributed by atoms with E-state index in [-0.39, 0.29) is 10.8 Å². The molecule has 0 aliphatic heterocycles. The molecular formula is C10H10BrIO2. The van der Waals surface area contributed by atoms with E-state index in [9.17, 15) is 4.79 Å². The topological polar surface area (TPSA) is 26.3 Å². The Kier molecular flexibility index (Phi) is 4.88. The molecule has 1 aromatic rings. The first-order valence-electron chi connectivity index (χ1n) is 4.21. The fourth-order valence-corrected chi connectivity index (χ4v) is 2.00. The number of carbonyl (C=O) groups excluding carboxylic acids is 1. The molecule has 1 aromatic carbocycles. The Morgan fingerprint density at radius 1 is 1.64 bits per heavy atom. The maximum absolute atomic E-state index is 11.4. The molecule has 0 fully saturated rings. The second kappa shape index (κ2) is 5.70. The quantitative estimate of drug-likeness (QED) is 0.465.